The van der Waals surface area contributed by atoms with Crippen molar-refractivity contribution in [2.75, 3.05) is 5.43 Å². The van der Waals surface area contributed by atoms with Crippen LogP contribution in [0, 0.1) is 5.82 Å². The first kappa shape index (κ1) is 25.2. The smallest absolute Gasteiger partial charge is 0.253 e. The van der Waals surface area contributed by atoms with Crippen LogP contribution in [-0.2, 0) is 16.4 Å². The van der Waals surface area contributed by atoms with Crippen molar-refractivity contribution < 1.29 is 17.6 Å². The standard InChI is InChI=1S/C27H25FN6O3S/c28-24-14-23(11-12-25(24)33-32-21-5-3-1-2-4-6-21)38(36,37)22-9-7-18(8-10-22)15-30-27(35)20-13-19-17-31-34-26(19)29-16-20/h1,3,5,7-14,16-17,32-33H,2,4,6,15H2,(H,30,35)(H,29,31,34). The molecule has 0 atom stereocenters. The molecular formula is C27H25FN6O3S. The van der Waals surface area contributed by atoms with Crippen molar-refractivity contribution in [1.82, 2.24) is 25.9 Å². The van der Waals surface area contributed by atoms with Crippen molar-refractivity contribution in [3.05, 3.63) is 102 Å². The lowest BCUT2D eigenvalue weighted by atomic mass is 10.2. The van der Waals surface area contributed by atoms with E-state index in [1.165, 1.54) is 30.5 Å². The number of rotatable bonds is 8. The third-order valence-electron chi connectivity index (χ3n) is 6.10. The number of anilines is 1. The lowest BCUT2D eigenvalue weighted by Crippen LogP contribution is -2.22. The van der Waals surface area contributed by atoms with Gasteiger partial charge in [0.05, 0.1) is 27.2 Å². The van der Waals surface area contributed by atoms with Crippen molar-refractivity contribution in [3.63, 3.8) is 0 Å². The molecule has 0 radical (unpaired) electrons. The Balaban J connectivity index is 1.22. The third-order valence-corrected chi connectivity index (χ3v) is 7.87. The zero-order valence-corrected chi connectivity index (χ0v) is 21.1. The second-order valence-corrected chi connectivity index (χ2v) is 10.7. The first-order valence-corrected chi connectivity index (χ1v) is 13.5. The van der Waals surface area contributed by atoms with Crippen molar-refractivity contribution in [2.45, 2.75) is 35.6 Å². The lowest BCUT2D eigenvalue weighted by molar-refractivity contribution is 0.0950. The number of nitrogens with zero attached hydrogens (tertiary/aromatic N) is 2. The molecule has 194 valence electrons. The number of aromatic nitrogens is 3. The SMILES string of the molecule is O=C(NCc1ccc(S(=O)(=O)c2ccc(NNC3=CC=CCCC3)c(F)c2)cc1)c1cnc2[nH]ncc2c1. The predicted octanol–water partition coefficient (Wildman–Crippen LogP) is 4.40. The molecule has 2 aromatic carbocycles. The Morgan fingerprint density at radius 1 is 1.03 bits per heavy atom. The number of hydrogen-bond acceptors (Lipinski definition) is 7. The number of benzene rings is 2. The van der Waals surface area contributed by atoms with Gasteiger partial charge in [-0.05, 0) is 67.3 Å². The number of allylic oxidation sites excluding steroid dienone is 4. The fourth-order valence-electron chi connectivity index (χ4n) is 3.96. The number of halogens is 1. The quantitative estimate of drug-likeness (QED) is 0.248. The molecule has 0 spiro atoms. The Kier molecular flexibility index (Phi) is 7.18. The van der Waals surface area contributed by atoms with E-state index in [1.807, 2.05) is 12.2 Å². The molecule has 5 rings (SSSR count). The minimum atomic E-state index is -3.94. The van der Waals surface area contributed by atoms with Crippen LogP contribution in [0.25, 0.3) is 11.0 Å². The summed E-state index contributed by atoms with van der Waals surface area (Å²) in [5, 5.41) is 10.1. The number of H-pyrrole nitrogens is 1. The Morgan fingerprint density at radius 3 is 2.66 bits per heavy atom. The molecule has 1 aliphatic rings. The van der Waals surface area contributed by atoms with Gasteiger partial charge in [0.15, 0.2) is 5.65 Å². The summed E-state index contributed by atoms with van der Waals surface area (Å²) in [5.41, 5.74) is 8.54. The zero-order chi connectivity index (χ0) is 26.5. The largest absolute Gasteiger partial charge is 0.348 e. The number of pyridine rings is 1. The predicted molar refractivity (Wildman–Crippen MR) is 141 cm³/mol. The van der Waals surface area contributed by atoms with E-state index in [0.29, 0.717) is 16.8 Å². The van der Waals surface area contributed by atoms with E-state index in [1.54, 1.807) is 24.4 Å². The minimum absolute atomic E-state index is 0.0239. The summed E-state index contributed by atoms with van der Waals surface area (Å²) >= 11 is 0. The molecule has 11 heteroatoms. The maximum absolute atomic E-state index is 14.7. The Hall–Kier alpha value is -4.51. The van der Waals surface area contributed by atoms with Gasteiger partial charge in [0, 0.05) is 23.8 Å². The van der Waals surface area contributed by atoms with E-state index in [-0.39, 0.29) is 27.9 Å². The van der Waals surface area contributed by atoms with E-state index in [4.69, 9.17) is 0 Å². The van der Waals surface area contributed by atoms with Gasteiger partial charge in [-0.25, -0.2) is 17.8 Å². The van der Waals surface area contributed by atoms with Crippen LogP contribution in [0.15, 0.2) is 94.6 Å². The number of fused-ring (bicyclic) bond motifs is 1. The zero-order valence-electron chi connectivity index (χ0n) is 20.2. The summed E-state index contributed by atoms with van der Waals surface area (Å²) < 4.78 is 40.9. The number of hydrazine groups is 1. The molecule has 0 saturated carbocycles. The second kappa shape index (κ2) is 10.9. The summed E-state index contributed by atoms with van der Waals surface area (Å²) in [5.74, 6) is -1.01. The molecule has 0 saturated heterocycles. The minimum Gasteiger partial charge on any atom is -0.348 e. The van der Waals surface area contributed by atoms with E-state index >= 15 is 0 Å². The average Bonchev–Trinajstić information content (AvgIpc) is 3.25. The third kappa shape index (κ3) is 5.57. The fraction of sp³-hybridized carbons (Fsp3) is 0.148. The highest BCUT2D eigenvalue weighted by Crippen LogP contribution is 2.25. The summed E-state index contributed by atoms with van der Waals surface area (Å²) in [4.78, 5) is 16.5. The van der Waals surface area contributed by atoms with Crippen LogP contribution >= 0.6 is 0 Å². The molecule has 0 unspecified atom stereocenters. The van der Waals surface area contributed by atoms with Crippen LogP contribution in [0.4, 0.5) is 10.1 Å². The summed E-state index contributed by atoms with van der Waals surface area (Å²) in [6.07, 6.45) is 11.8. The van der Waals surface area contributed by atoms with Crippen molar-refractivity contribution in [1.29, 1.82) is 0 Å². The molecule has 0 bridgehead atoms. The van der Waals surface area contributed by atoms with Crippen LogP contribution < -0.4 is 16.2 Å². The average molecular weight is 533 g/mol. The molecule has 2 aromatic heterocycles. The number of carbonyl (C=O) groups is 1. The van der Waals surface area contributed by atoms with Crippen LogP contribution in [0.2, 0.25) is 0 Å². The Morgan fingerprint density at radius 2 is 1.84 bits per heavy atom. The van der Waals surface area contributed by atoms with Gasteiger partial charge in [-0.1, -0.05) is 24.3 Å². The molecule has 4 N–H and O–H groups in total. The van der Waals surface area contributed by atoms with E-state index in [0.717, 1.165) is 36.4 Å². The van der Waals surface area contributed by atoms with Gasteiger partial charge >= 0.3 is 0 Å². The molecule has 0 aliphatic heterocycles. The summed E-state index contributed by atoms with van der Waals surface area (Å²) in [7, 11) is -3.94. The molecule has 2 heterocycles. The van der Waals surface area contributed by atoms with Gasteiger partial charge in [0.1, 0.15) is 5.82 Å². The monoisotopic (exact) mass is 532 g/mol. The summed E-state index contributed by atoms with van der Waals surface area (Å²) in [6.45, 7) is 0.191. The number of nitrogens with one attached hydrogen (secondary N) is 4. The maximum Gasteiger partial charge on any atom is 0.253 e. The fourth-order valence-corrected chi connectivity index (χ4v) is 5.23. The molecule has 9 nitrogen and oxygen atoms in total. The first-order chi connectivity index (χ1) is 18.4. The Labute approximate surface area is 218 Å². The summed E-state index contributed by atoms with van der Waals surface area (Å²) in [6, 6.07) is 11.5. The van der Waals surface area contributed by atoms with E-state index in [2.05, 4.69) is 37.4 Å². The number of aromatic amines is 1. The highest BCUT2D eigenvalue weighted by Gasteiger charge is 2.20. The van der Waals surface area contributed by atoms with Gasteiger partial charge < -0.3 is 10.7 Å². The van der Waals surface area contributed by atoms with Crippen LogP contribution in [0.1, 0.15) is 35.2 Å². The Bertz CT molecular complexity index is 1650. The molecule has 0 fully saturated rings. The molecular weight excluding hydrogens is 507 g/mol. The molecule has 4 aromatic rings. The molecule has 1 aliphatic carbocycles. The van der Waals surface area contributed by atoms with E-state index in [9.17, 15) is 17.6 Å². The van der Waals surface area contributed by atoms with Crippen molar-refractivity contribution in [3.8, 4) is 0 Å². The maximum atomic E-state index is 14.7. The van der Waals surface area contributed by atoms with Gasteiger partial charge in [-0.2, -0.15) is 5.10 Å². The van der Waals surface area contributed by atoms with Gasteiger partial charge in [-0.3, -0.25) is 15.3 Å². The molecule has 38 heavy (non-hydrogen) atoms. The number of hydrogen-bond donors (Lipinski definition) is 4. The van der Waals surface area contributed by atoms with Crippen molar-refractivity contribution >= 4 is 32.5 Å². The van der Waals surface area contributed by atoms with Gasteiger partial charge in [-0.15, -0.1) is 0 Å². The van der Waals surface area contributed by atoms with Gasteiger partial charge in [0.25, 0.3) is 5.91 Å². The topological polar surface area (TPSA) is 129 Å². The highest BCUT2D eigenvalue weighted by molar-refractivity contribution is 7.91. The molecule has 1 amide bonds. The number of sulfone groups is 1. The van der Waals surface area contributed by atoms with E-state index < -0.39 is 15.7 Å². The van der Waals surface area contributed by atoms with Crippen LogP contribution in [-0.4, -0.2) is 29.5 Å². The highest BCUT2D eigenvalue weighted by atomic mass is 32.2. The second-order valence-electron chi connectivity index (χ2n) is 8.77. The first-order valence-electron chi connectivity index (χ1n) is 12.0. The van der Waals surface area contributed by atoms with Crippen LogP contribution in [0.5, 0.6) is 0 Å². The number of carbonyl (C=O) groups excluding carboxylic acids is 1. The van der Waals surface area contributed by atoms with Gasteiger partial charge in [0.2, 0.25) is 9.84 Å². The normalized spacial score (nSPS) is 13.6. The van der Waals surface area contributed by atoms with Crippen molar-refractivity contribution in [2.24, 2.45) is 0 Å². The van der Waals surface area contributed by atoms with Crippen LogP contribution in [0.3, 0.4) is 0 Å². The lowest BCUT2D eigenvalue weighted by Gasteiger charge is -2.14. The number of amides is 1.